The molecule has 0 amide bonds. The van der Waals surface area contributed by atoms with Crippen LogP contribution in [0.3, 0.4) is 0 Å². The maximum Gasteiger partial charge on any atom is 0.337 e. The third-order valence-electron chi connectivity index (χ3n) is 7.22. The predicted molar refractivity (Wildman–Crippen MR) is 129 cm³/mol. The Hall–Kier alpha value is -2.60. The van der Waals surface area contributed by atoms with Gasteiger partial charge in [-0.05, 0) is 62.6 Å². The van der Waals surface area contributed by atoms with Crippen molar-refractivity contribution >= 4 is 29.3 Å². The number of methoxy groups -OCH3 is 1. The Bertz CT molecular complexity index is 1050. The third kappa shape index (κ3) is 4.78. The molecule has 3 unspecified atom stereocenters. The van der Waals surface area contributed by atoms with E-state index in [0.29, 0.717) is 28.3 Å². The smallest absolute Gasteiger partial charge is 0.337 e. The lowest BCUT2D eigenvalue weighted by atomic mass is 9.69. The standard InChI is InChI=1S/C27H32ClNO5/c1-15-13-20-24(25(30)21(15)26(31)33-3)23(17-9-8-10-18(28)14-17)22(16(2)29-20)27(32)34-19-11-6-4-5-7-12-19/h8-10,14-15,19,21,23,29H,4-7,11-13H2,1-3H3. The van der Waals surface area contributed by atoms with E-state index in [9.17, 15) is 14.4 Å². The number of carbonyl (C=O) groups excluding carboxylic acids is 3. The van der Waals surface area contributed by atoms with Crippen molar-refractivity contribution in [1.82, 2.24) is 5.32 Å². The van der Waals surface area contributed by atoms with Gasteiger partial charge in [0, 0.05) is 27.9 Å². The van der Waals surface area contributed by atoms with Gasteiger partial charge in [0.05, 0.1) is 12.7 Å². The highest BCUT2D eigenvalue weighted by atomic mass is 35.5. The van der Waals surface area contributed by atoms with Crippen molar-refractivity contribution in [2.45, 2.75) is 70.8 Å². The first-order chi connectivity index (χ1) is 16.3. The van der Waals surface area contributed by atoms with Gasteiger partial charge in [0.15, 0.2) is 5.78 Å². The highest BCUT2D eigenvalue weighted by Gasteiger charge is 2.47. The molecule has 6 nitrogen and oxygen atoms in total. The van der Waals surface area contributed by atoms with Gasteiger partial charge in [-0.3, -0.25) is 9.59 Å². The Labute approximate surface area is 205 Å². The first-order valence-corrected chi connectivity index (χ1v) is 12.5. The maximum absolute atomic E-state index is 13.7. The van der Waals surface area contributed by atoms with Crippen LogP contribution in [0.15, 0.2) is 46.8 Å². The molecule has 0 bridgehead atoms. The summed E-state index contributed by atoms with van der Waals surface area (Å²) in [6, 6.07) is 7.19. The quantitative estimate of drug-likeness (QED) is 0.358. The zero-order chi connectivity index (χ0) is 24.4. The van der Waals surface area contributed by atoms with E-state index in [0.717, 1.165) is 49.8 Å². The lowest BCUT2D eigenvalue weighted by Crippen LogP contribution is -2.43. The molecule has 3 aliphatic rings. The summed E-state index contributed by atoms with van der Waals surface area (Å²) in [6.07, 6.45) is 6.46. The summed E-state index contributed by atoms with van der Waals surface area (Å²) in [5.41, 5.74) is 2.95. The summed E-state index contributed by atoms with van der Waals surface area (Å²) in [6.45, 7) is 3.71. The van der Waals surface area contributed by atoms with E-state index in [2.05, 4.69) is 5.32 Å². The van der Waals surface area contributed by atoms with Gasteiger partial charge in [0.2, 0.25) is 0 Å². The minimum Gasteiger partial charge on any atom is -0.468 e. The van der Waals surface area contributed by atoms with Crippen molar-refractivity contribution in [3.05, 3.63) is 57.4 Å². The summed E-state index contributed by atoms with van der Waals surface area (Å²) in [5.74, 6) is -3.09. The van der Waals surface area contributed by atoms with Crippen LogP contribution in [0.4, 0.5) is 0 Å². The van der Waals surface area contributed by atoms with E-state index in [1.165, 1.54) is 7.11 Å². The Kier molecular flexibility index (Phi) is 7.46. The second-order valence-corrected chi connectivity index (χ2v) is 10.0. The minimum absolute atomic E-state index is 0.129. The summed E-state index contributed by atoms with van der Waals surface area (Å²) >= 11 is 6.31. The molecule has 34 heavy (non-hydrogen) atoms. The molecule has 182 valence electrons. The lowest BCUT2D eigenvalue weighted by molar-refractivity contribution is -0.151. The van der Waals surface area contributed by atoms with Gasteiger partial charge in [0.1, 0.15) is 12.0 Å². The van der Waals surface area contributed by atoms with Crippen molar-refractivity contribution in [1.29, 1.82) is 0 Å². The lowest BCUT2D eigenvalue weighted by Gasteiger charge is -2.38. The van der Waals surface area contributed by atoms with E-state index in [1.807, 2.05) is 19.9 Å². The molecule has 0 radical (unpaired) electrons. The second-order valence-electron chi connectivity index (χ2n) is 9.61. The second kappa shape index (κ2) is 10.3. The van der Waals surface area contributed by atoms with Crippen LogP contribution < -0.4 is 5.32 Å². The highest BCUT2D eigenvalue weighted by Crippen LogP contribution is 2.46. The monoisotopic (exact) mass is 485 g/mol. The fourth-order valence-electron chi connectivity index (χ4n) is 5.55. The van der Waals surface area contributed by atoms with Crippen LogP contribution in [0.2, 0.25) is 5.02 Å². The Morgan fingerprint density at radius 3 is 2.47 bits per heavy atom. The van der Waals surface area contributed by atoms with Gasteiger partial charge in [-0.25, -0.2) is 4.79 Å². The third-order valence-corrected chi connectivity index (χ3v) is 7.46. The molecule has 0 spiro atoms. The molecule has 1 aromatic carbocycles. The molecule has 1 aliphatic heterocycles. The fourth-order valence-corrected chi connectivity index (χ4v) is 5.74. The normalized spacial score (nSPS) is 25.9. The van der Waals surface area contributed by atoms with Gasteiger partial charge in [0.25, 0.3) is 0 Å². The Balaban J connectivity index is 1.77. The van der Waals surface area contributed by atoms with E-state index in [4.69, 9.17) is 21.1 Å². The van der Waals surface area contributed by atoms with Gasteiger partial charge in [-0.15, -0.1) is 0 Å². The number of carbonyl (C=O) groups is 3. The number of hydrogen-bond donors (Lipinski definition) is 1. The van der Waals surface area contributed by atoms with Crippen LogP contribution in [-0.2, 0) is 23.9 Å². The average Bonchev–Trinajstić information content (AvgIpc) is 3.06. The molecule has 1 aromatic rings. The van der Waals surface area contributed by atoms with Crippen LogP contribution in [-0.4, -0.2) is 30.9 Å². The Morgan fingerprint density at radius 1 is 1.12 bits per heavy atom. The number of nitrogens with one attached hydrogen (secondary N) is 1. The first-order valence-electron chi connectivity index (χ1n) is 12.1. The SMILES string of the molecule is COC(=O)C1C(=O)C2=C(CC1C)NC(C)=C(C(=O)OC1CCCCCC1)C2c1cccc(Cl)c1. The molecular formula is C27H32ClNO5. The van der Waals surface area contributed by atoms with Crippen molar-refractivity contribution in [2.24, 2.45) is 11.8 Å². The van der Waals surface area contributed by atoms with Gasteiger partial charge in [-0.2, -0.15) is 0 Å². The van der Waals surface area contributed by atoms with Crippen LogP contribution in [0, 0.1) is 11.8 Å². The zero-order valence-corrected chi connectivity index (χ0v) is 20.7. The summed E-state index contributed by atoms with van der Waals surface area (Å²) < 4.78 is 10.9. The molecular weight excluding hydrogens is 454 g/mol. The van der Waals surface area contributed by atoms with Gasteiger partial charge >= 0.3 is 11.9 Å². The van der Waals surface area contributed by atoms with E-state index < -0.39 is 23.8 Å². The van der Waals surface area contributed by atoms with Crippen LogP contribution in [0.5, 0.6) is 0 Å². The van der Waals surface area contributed by atoms with Gasteiger partial charge < -0.3 is 14.8 Å². The first kappa shape index (κ1) is 24.5. The van der Waals surface area contributed by atoms with E-state index in [-0.39, 0.29) is 17.8 Å². The van der Waals surface area contributed by atoms with E-state index in [1.54, 1.807) is 18.2 Å². The number of ketones is 1. The number of dihydropyridines is 1. The molecule has 1 fully saturated rings. The number of hydrogen-bond acceptors (Lipinski definition) is 6. The topological polar surface area (TPSA) is 81.7 Å². The minimum atomic E-state index is -0.912. The fraction of sp³-hybridized carbons (Fsp3) is 0.519. The molecule has 1 heterocycles. The van der Waals surface area contributed by atoms with Crippen LogP contribution in [0.25, 0.3) is 0 Å². The van der Waals surface area contributed by atoms with Crippen LogP contribution in [0.1, 0.15) is 70.3 Å². The number of allylic oxidation sites excluding steroid dienone is 3. The summed E-state index contributed by atoms with van der Waals surface area (Å²) in [4.78, 5) is 39.9. The highest BCUT2D eigenvalue weighted by molar-refractivity contribution is 6.30. The van der Waals surface area contributed by atoms with E-state index >= 15 is 0 Å². The summed E-state index contributed by atoms with van der Waals surface area (Å²) in [7, 11) is 1.29. The predicted octanol–water partition coefficient (Wildman–Crippen LogP) is 5.22. The number of esters is 2. The number of ether oxygens (including phenoxy) is 2. The van der Waals surface area contributed by atoms with Gasteiger partial charge in [-0.1, -0.05) is 43.5 Å². The van der Waals surface area contributed by atoms with Crippen molar-refractivity contribution in [3.63, 3.8) is 0 Å². The maximum atomic E-state index is 13.7. The molecule has 0 aromatic heterocycles. The molecule has 7 heteroatoms. The number of benzene rings is 1. The number of halogens is 1. The molecule has 0 saturated heterocycles. The zero-order valence-electron chi connectivity index (χ0n) is 20.0. The molecule has 2 aliphatic carbocycles. The summed E-state index contributed by atoms with van der Waals surface area (Å²) in [5, 5.41) is 3.81. The van der Waals surface area contributed by atoms with Crippen molar-refractivity contribution < 1.29 is 23.9 Å². The number of Topliss-reactive ketones (excluding diaryl/α,β-unsaturated/α-hetero) is 1. The molecule has 4 rings (SSSR count). The molecule has 3 atom stereocenters. The average molecular weight is 486 g/mol. The molecule has 1 saturated carbocycles. The van der Waals surface area contributed by atoms with Crippen molar-refractivity contribution in [3.8, 4) is 0 Å². The number of rotatable bonds is 4. The molecule has 1 N–H and O–H groups in total. The Morgan fingerprint density at radius 2 is 1.82 bits per heavy atom. The largest absolute Gasteiger partial charge is 0.468 e. The van der Waals surface area contributed by atoms with Crippen LogP contribution >= 0.6 is 11.6 Å². The van der Waals surface area contributed by atoms with Crippen molar-refractivity contribution in [2.75, 3.05) is 7.11 Å².